The Bertz CT molecular complexity index is 141. The van der Waals surface area contributed by atoms with E-state index >= 15 is 0 Å². The summed E-state index contributed by atoms with van der Waals surface area (Å²) in [5.41, 5.74) is 0. The number of nitrogens with one attached hydrogen (secondary N) is 1. The monoisotopic (exact) mass is 187 g/mol. The first-order valence-corrected chi connectivity index (χ1v) is 5.17. The van der Waals surface area contributed by atoms with Gasteiger partial charge in [0, 0.05) is 19.2 Å². The fraction of sp³-hybridized carbons (Fsp3) is 1.00. The first-order chi connectivity index (χ1) is 6.24. The maximum absolute atomic E-state index is 9.68. The van der Waals surface area contributed by atoms with E-state index in [-0.39, 0.29) is 12.1 Å². The summed E-state index contributed by atoms with van der Waals surface area (Å²) in [6, 6.07) is 0.613. The quantitative estimate of drug-likeness (QED) is 0.687. The van der Waals surface area contributed by atoms with Crippen molar-refractivity contribution in [2.45, 2.75) is 50.8 Å². The zero-order valence-electron chi connectivity index (χ0n) is 8.62. The molecule has 1 saturated carbocycles. The molecule has 0 aromatic heterocycles. The van der Waals surface area contributed by atoms with Crippen LogP contribution in [-0.2, 0) is 4.74 Å². The van der Waals surface area contributed by atoms with E-state index in [9.17, 15) is 5.11 Å². The van der Waals surface area contributed by atoms with Crippen molar-refractivity contribution in [3.63, 3.8) is 0 Å². The summed E-state index contributed by atoms with van der Waals surface area (Å²) in [6.07, 6.45) is 4.27. The Labute approximate surface area is 80.5 Å². The molecule has 13 heavy (non-hydrogen) atoms. The van der Waals surface area contributed by atoms with Crippen molar-refractivity contribution in [1.82, 2.24) is 5.32 Å². The molecule has 3 nitrogen and oxygen atoms in total. The molecule has 1 aliphatic carbocycles. The summed E-state index contributed by atoms with van der Waals surface area (Å²) in [5, 5.41) is 13.1. The van der Waals surface area contributed by atoms with Crippen molar-refractivity contribution >= 4 is 0 Å². The van der Waals surface area contributed by atoms with Crippen molar-refractivity contribution in [1.29, 1.82) is 0 Å². The number of aliphatic hydroxyl groups excluding tert-OH is 1. The molecule has 78 valence electrons. The SMILES string of the molecule is COC[C@@H](C)N[C@@H]1CCCC[C@@H]1O. The van der Waals surface area contributed by atoms with Gasteiger partial charge in [0.2, 0.25) is 0 Å². The molecule has 3 atom stereocenters. The van der Waals surface area contributed by atoms with E-state index in [0.29, 0.717) is 12.6 Å². The first kappa shape index (κ1) is 11.0. The highest BCUT2D eigenvalue weighted by molar-refractivity contribution is 4.82. The van der Waals surface area contributed by atoms with E-state index < -0.39 is 0 Å². The van der Waals surface area contributed by atoms with Crippen LogP contribution in [0.1, 0.15) is 32.6 Å². The Balaban J connectivity index is 2.25. The molecule has 0 aliphatic heterocycles. The summed E-state index contributed by atoms with van der Waals surface area (Å²) in [6.45, 7) is 2.80. The predicted molar refractivity (Wildman–Crippen MR) is 52.7 cm³/mol. The molecule has 1 rings (SSSR count). The Morgan fingerprint density at radius 2 is 2.15 bits per heavy atom. The normalized spacial score (nSPS) is 31.6. The summed E-state index contributed by atoms with van der Waals surface area (Å²) in [7, 11) is 1.70. The lowest BCUT2D eigenvalue weighted by Gasteiger charge is -2.30. The molecule has 0 spiro atoms. The van der Waals surface area contributed by atoms with Crippen LogP contribution >= 0.6 is 0 Å². The number of aliphatic hydroxyl groups is 1. The van der Waals surface area contributed by atoms with Gasteiger partial charge < -0.3 is 15.2 Å². The lowest BCUT2D eigenvalue weighted by Crippen LogP contribution is -2.47. The zero-order valence-corrected chi connectivity index (χ0v) is 8.62. The molecular weight excluding hydrogens is 166 g/mol. The number of hydrogen-bond donors (Lipinski definition) is 2. The second-order valence-electron chi connectivity index (χ2n) is 3.98. The van der Waals surface area contributed by atoms with Gasteiger partial charge in [-0.1, -0.05) is 12.8 Å². The highest BCUT2D eigenvalue weighted by Crippen LogP contribution is 2.18. The minimum atomic E-state index is -0.159. The molecular formula is C10H21NO2. The molecule has 0 saturated heterocycles. The van der Waals surface area contributed by atoms with E-state index in [2.05, 4.69) is 12.2 Å². The van der Waals surface area contributed by atoms with E-state index in [1.54, 1.807) is 7.11 Å². The highest BCUT2D eigenvalue weighted by atomic mass is 16.5. The highest BCUT2D eigenvalue weighted by Gasteiger charge is 2.23. The van der Waals surface area contributed by atoms with Gasteiger partial charge in [-0.3, -0.25) is 0 Å². The van der Waals surface area contributed by atoms with E-state index in [4.69, 9.17) is 4.74 Å². The van der Waals surface area contributed by atoms with Gasteiger partial charge in [-0.15, -0.1) is 0 Å². The van der Waals surface area contributed by atoms with Crippen LogP contribution in [0.3, 0.4) is 0 Å². The third-order valence-corrected chi connectivity index (χ3v) is 2.64. The zero-order chi connectivity index (χ0) is 9.68. The summed E-state index contributed by atoms with van der Waals surface area (Å²) >= 11 is 0. The molecule has 0 amide bonds. The number of rotatable bonds is 4. The molecule has 1 aliphatic rings. The maximum atomic E-state index is 9.68. The maximum Gasteiger partial charge on any atom is 0.0693 e. The standard InChI is InChI=1S/C10H21NO2/c1-8(7-13-2)11-9-5-3-4-6-10(9)12/h8-12H,3-7H2,1-2H3/t8-,9-,10+/m1/s1. The number of methoxy groups -OCH3 is 1. The van der Waals surface area contributed by atoms with Crippen molar-refractivity contribution in [3.05, 3.63) is 0 Å². The van der Waals surface area contributed by atoms with Gasteiger partial charge >= 0.3 is 0 Å². The second kappa shape index (κ2) is 5.58. The lowest BCUT2D eigenvalue weighted by atomic mass is 9.92. The van der Waals surface area contributed by atoms with Gasteiger partial charge in [0.25, 0.3) is 0 Å². The average Bonchev–Trinajstić information content (AvgIpc) is 2.09. The predicted octanol–water partition coefficient (Wildman–Crippen LogP) is 0.914. The minimum absolute atomic E-state index is 0.159. The third kappa shape index (κ3) is 3.63. The molecule has 0 aromatic rings. The molecule has 0 heterocycles. The summed E-state index contributed by atoms with van der Waals surface area (Å²) in [5.74, 6) is 0. The van der Waals surface area contributed by atoms with Gasteiger partial charge in [-0.25, -0.2) is 0 Å². The van der Waals surface area contributed by atoms with E-state index in [1.807, 2.05) is 0 Å². The van der Waals surface area contributed by atoms with E-state index in [1.165, 1.54) is 6.42 Å². The second-order valence-corrected chi connectivity index (χ2v) is 3.98. The number of ether oxygens (including phenoxy) is 1. The molecule has 0 unspecified atom stereocenters. The summed E-state index contributed by atoms with van der Waals surface area (Å²) < 4.78 is 5.04. The fourth-order valence-corrected chi connectivity index (χ4v) is 1.97. The Hall–Kier alpha value is -0.120. The van der Waals surface area contributed by atoms with Crippen molar-refractivity contribution < 1.29 is 9.84 Å². The fourth-order valence-electron chi connectivity index (χ4n) is 1.97. The van der Waals surface area contributed by atoms with Crippen LogP contribution in [-0.4, -0.2) is 37.0 Å². The molecule has 1 fully saturated rings. The Kier molecular flexibility index (Phi) is 4.70. The van der Waals surface area contributed by atoms with Crippen LogP contribution in [0.2, 0.25) is 0 Å². The Morgan fingerprint density at radius 3 is 2.77 bits per heavy atom. The molecule has 2 N–H and O–H groups in total. The largest absolute Gasteiger partial charge is 0.392 e. The minimum Gasteiger partial charge on any atom is -0.392 e. The van der Waals surface area contributed by atoms with Crippen LogP contribution < -0.4 is 5.32 Å². The summed E-state index contributed by atoms with van der Waals surface area (Å²) in [4.78, 5) is 0. The lowest BCUT2D eigenvalue weighted by molar-refractivity contribution is 0.0755. The first-order valence-electron chi connectivity index (χ1n) is 5.17. The molecule has 0 aromatic carbocycles. The van der Waals surface area contributed by atoms with Crippen LogP contribution in [0.25, 0.3) is 0 Å². The van der Waals surface area contributed by atoms with Crippen LogP contribution in [0.15, 0.2) is 0 Å². The van der Waals surface area contributed by atoms with Gasteiger partial charge in [0.15, 0.2) is 0 Å². The average molecular weight is 187 g/mol. The van der Waals surface area contributed by atoms with Crippen LogP contribution in [0, 0.1) is 0 Å². The van der Waals surface area contributed by atoms with Crippen LogP contribution in [0.4, 0.5) is 0 Å². The molecule has 3 heteroatoms. The van der Waals surface area contributed by atoms with Crippen molar-refractivity contribution in [2.24, 2.45) is 0 Å². The smallest absolute Gasteiger partial charge is 0.0693 e. The third-order valence-electron chi connectivity index (χ3n) is 2.64. The van der Waals surface area contributed by atoms with Gasteiger partial charge in [-0.2, -0.15) is 0 Å². The Morgan fingerprint density at radius 1 is 1.46 bits per heavy atom. The van der Waals surface area contributed by atoms with Gasteiger partial charge in [0.1, 0.15) is 0 Å². The van der Waals surface area contributed by atoms with Gasteiger partial charge in [-0.05, 0) is 19.8 Å². The molecule has 0 bridgehead atoms. The van der Waals surface area contributed by atoms with E-state index in [0.717, 1.165) is 19.3 Å². The topological polar surface area (TPSA) is 41.5 Å². The van der Waals surface area contributed by atoms with Gasteiger partial charge in [0.05, 0.1) is 12.7 Å². The number of hydrogen-bond acceptors (Lipinski definition) is 3. The van der Waals surface area contributed by atoms with Crippen LogP contribution in [0.5, 0.6) is 0 Å². The van der Waals surface area contributed by atoms with Crippen molar-refractivity contribution in [2.75, 3.05) is 13.7 Å². The van der Waals surface area contributed by atoms with Crippen molar-refractivity contribution in [3.8, 4) is 0 Å². The molecule has 0 radical (unpaired) electrons.